The number of sulfonamides is 1. The van der Waals surface area contributed by atoms with Gasteiger partial charge in [-0.25, -0.2) is 4.83 Å². The second kappa shape index (κ2) is 6.24. The van der Waals surface area contributed by atoms with Crippen LogP contribution in [-0.2, 0) is 10.0 Å². The summed E-state index contributed by atoms with van der Waals surface area (Å²) in [7, 11) is -3.56. The van der Waals surface area contributed by atoms with Crippen molar-refractivity contribution in [2.75, 3.05) is 6.26 Å². The van der Waals surface area contributed by atoms with Crippen LogP contribution >= 0.6 is 11.8 Å². The van der Waals surface area contributed by atoms with Crippen molar-refractivity contribution in [3.8, 4) is 0 Å². The topological polar surface area (TPSA) is 58.5 Å². The van der Waals surface area contributed by atoms with Crippen LogP contribution in [0.4, 0.5) is 0 Å². The highest BCUT2D eigenvalue weighted by atomic mass is 32.2. The van der Waals surface area contributed by atoms with Crippen LogP contribution in [0, 0.1) is 18.8 Å². The largest absolute Gasteiger partial charge is 0.276 e. The Morgan fingerprint density at radius 2 is 1.95 bits per heavy atom. The smallest absolute Gasteiger partial charge is 0.200 e. The second-order valence-electron chi connectivity index (χ2n) is 6.27. The molecular weight excluding hydrogens is 316 g/mol. The lowest BCUT2D eigenvalue weighted by molar-refractivity contribution is 0.296. The molecule has 0 saturated heterocycles. The summed E-state index contributed by atoms with van der Waals surface area (Å²) in [5, 5.41) is 4.89. The lowest BCUT2D eigenvalue weighted by Crippen LogP contribution is -2.41. The SMILES string of the molecule is CS[C@H]1C[C@H]2CC[C@@H]1/C(=N/NS(=O)(=O)c1ccc(C)cc1)C2. The van der Waals surface area contributed by atoms with Gasteiger partial charge in [0, 0.05) is 16.9 Å². The molecule has 3 atom stereocenters. The second-order valence-corrected chi connectivity index (χ2v) is 9.01. The molecule has 0 heterocycles. The Bertz CT molecular complexity index is 668. The molecule has 1 aromatic rings. The number of thioether (sulfide) groups is 1. The van der Waals surface area contributed by atoms with E-state index in [-0.39, 0.29) is 4.90 Å². The fourth-order valence-corrected chi connectivity index (χ4v) is 5.43. The average Bonchev–Trinajstić information content (AvgIpc) is 2.54. The summed E-state index contributed by atoms with van der Waals surface area (Å²) in [6.45, 7) is 1.94. The predicted octanol–water partition coefficient (Wildman–Crippen LogP) is 3.18. The van der Waals surface area contributed by atoms with Crippen molar-refractivity contribution in [3.05, 3.63) is 29.8 Å². The van der Waals surface area contributed by atoms with Crippen molar-refractivity contribution in [3.63, 3.8) is 0 Å². The fraction of sp³-hybridized carbons (Fsp3) is 0.562. The van der Waals surface area contributed by atoms with E-state index in [9.17, 15) is 8.42 Å². The number of benzene rings is 1. The van der Waals surface area contributed by atoms with Crippen molar-refractivity contribution in [1.29, 1.82) is 0 Å². The van der Waals surface area contributed by atoms with E-state index >= 15 is 0 Å². The number of hydrogen-bond acceptors (Lipinski definition) is 4. The van der Waals surface area contributed by atoms with Crippen LogP contribution in [0.15, 0.2) is 34.3 Å². The van der Waals surface area contributed by atoms with Gasteiger partial charge in [0.05, 0.1) is 4.90 Å². The molecule has 120 valence electrons. The summed E-state index contributed by atoms with van der Waals surface area (Å²) in [6.07, 6.45) is 6.72. The third kappa shape index (κ3) is 3.18. The third-order valence-electron chi connectivity index (χ3n) is 4.77. The number of nitrogens with zero attached hydrogens (tertiary/aromatic N) is 1. The van der Waals surface area contributed by atoms with Crippen LogP contribution in [-0.4, -0.2) is 25.6 Å². The van der Waals surface area contributed by atoms with Crippen molar-refractivity contribution in [2.24, 2.45) is 16.9 Å². The molecule has 3 aliphatic rings. The summed E-state index contributed by atoms with van der Waals surface area (Å²) in [5.74, 6) is 1.10. The third-order valence-corrected chi connectivity index (χ3v) is 7.12. The van der Waals surface area contributed by atoms with E-state index < -0.39 is 10.0 Å². The van der Waals surface area contributed by atoms with Gasteiger partial charge in [-0.15, -0.1) is 0 Å². The van der Waals surface area contributed by atoms with Gasteiger partial charge in [0.25, 0.3) is 10.0 Å². The number of hydrazone groups is 1. The lowest BCUT2D eigenvalue weighted by Gasteiger charge is -2.42. The predicted molar refractivity (Wildman–Crippen MR) is 91.7 cm³/mol. The van der Waals surface area contributed by atoms with E-state index in [1.807, 2.05) is 18.7 Å². The molecule has 4 rings (SSSR count). The maximum Gasteiger partial charge on any atom is 0.276 e. The molecule has 0 spiro atoms. The fourth-order valence-electron chi connectivity index (χ4n) is 3.50. The molecule has 0 unspecified atom stereocenters. The van der Waals surface area contributed by atoms with Gasteiger partial charge in [-0.3, -0.25) is 0 Å². The van der Waals surface area contributed by atoms with E-state index in [4.69, 9.17) is 0 Å². The first-order valence-electron chi connectivity index (χ1n) is 7.67. The number of nitrogens with one attached hydrogen (secondary N) is 1. The van der Waals surface area contributed by atoms with Crippen molar-refractivity contribution in [1.82, 2.24) is 4.83 Å². The summed E-state index contributed by atoms with van der Waals surface area (Å²) in [5.41, 5.74) is 2.08. The molecule has 2 bridgehead atoms. The molecule has 0 radical (unpaired) electrons. The Balaban J connectivity index is 1.77. The van der Waals surface area contributed by atoms with Crippen molar-refractivity contribution in [2.45, 2.75) is 42.8 Å². The molecular formula is C16H22N2O2S2. The molecule has 0 aromatic heterocycles. The first-order chi connectivity index (χ1) is 10.5. The van der Waals surface area contributed by atoms with E-state index in [2.05, 4.69) is 16.2 Å². The number of aryl methyl sites for hydroxylation is 1. The number of rotatable bonds is 4. The van der Waals surface area contributed by atoms with Crippen LogP contribution in [0.2, 0.25) is 0 Å². The summed E-state index contributed by atoms with van der Waals surface area (Å²) >= 11 is 1.89. The first kappa shape index (κ1) is 15.9. The highest BCUT2D eigenvalue weighted by Crippen LogP contribution is 2.44. The maximum atomic E-state index is 12.3. The van der Waals surface area contributed by atoms with Gasteiger partial charge in [0.2, 0.25) is 0 Å². The highest BCUT2D eigenvalue weighted by molar-refractivity contribution is 7.99. The minimum atomic E-state index is -3.56. The Hall–Kier alpha value is -1.01. The maximum absolute atomic E-state index is 12.3. The molecule has 6 heteroatoms. The zero-order valence-corrected chi connectivity index (χ0v) is 14.6. The Labute approximate surface area is 136 Å². The molecule has 3 fully saturated rings. The van der Waals surface area contributed by atoms with Gasteiger partial charge in [0.15, 0.2) is 0 Å². The minimum absolute atomic E-state index is 0.268. The van der Waals surface area contributed by atoms with Gasteiger partial charge in [-0.1, -0.05) is 17.7 Å². The zero-order valence-electron chi connectivity index (χ0n) is 13.0. The Kier molecular flexibility index (Phi) is 4.50. The monoisotopic (exact) mass is 338 g/mol. The number of hydrogen-bond donors (Lipinski definition) is 1. The van der Waals surface area contributed by atoms with Gasteiger partial charge in [-0.2, -0.15) is 25.3 Å². The first-order valence-corrected chi connectivity index (χ1v) is 10.4. The summed E-state index contributed by atoms with van der Waals surface area (Å²) in [6, 6.07) is 6.84. The van der Waals surface area contributed by atoms with Crippen LogP contribution in [0.5, 0.6) is 0 Å². The quantitative estimate of drug-likeness (QED) is 0.858. The van der Waals surface area contributed by atoms with Gasteiger partial charge < -0.3 is 0 Å². The summed E-state index contributed by atoms with van der Waals surface area (Å²) < 4.78 is 24.6. The molecule has 3 saturated carbocycles. The summed E-state index contributed by atoms with van der Waals surface area (Å²) in [4.78, 5) is 2.71. The number of fused-ring (bicyclic) bond motifs is 3. The van der Waals surface area contributed by atoms with Crippen LogP contribution < -0.4 is 4.83 Å². The van der Waals surface area contributed by atoms with Crippen LogP contribution in [0.25, 0.3) is 0 Å². The van der Waals surface area contributed by atoms with E-state index in [0.717, 1.165) is 24.1 Å². The standard InChI is InChI=1S/C16H22N2O2S2/c1-11-3-6-13(7-4-11)22(19,20)18-17-15-9-12-5-8-14(15)16(10-12)21-2/h3-4,6-7,12,14,16,18H,5,8-10H2,1-2H3/b17-15+/t12-,14+,16-/m0/s1. The average molecular weight is 338 g/mol. The Morgan fingerprint density at radius 1 is 1.23 bits per heavy atom. The highest BCUT2D eigenvalue weighted by Gasteiger charge is 2.39. The normalized spacial score (nSPS) is 29.7. The molecule has 22 heavy (non-hydrogen) atoms. The molecule has 0 amide bonds. The lowest BCUT2D eigenvalue weighted by atomic mass is 9.69. The van der Waals surface area contributed by atoms with Gasteiger partial charge in [-0.05, 0) is 56.9 Å². The molecule has 1 N–H and O–H groups in total. The van der Waals surface area contributed by atoms with Crippen molar-refractivity contribution >= 4 is 27.5 Å². The van der Waals surface area contributed by atoms with E-state index in [0.29, 0.717) is 17.1 Å². The molecule has 0 aliphatic heterocycles. The molecule has 4 nitrogen and oxygen atoms in total. The van der Waals surface area contributed by atoms with E-state index in [1.54, 1.807) is 24.3 Å². The molecule has 3 aliphatic carbocycles. The van der Waals surface area contributed by atoms with E-state index in [1.165, 1.54) is 12.8 Å². The zero-order chi connectivity index (χ0) is 15.7. The van der Waals surface area contributed by atoms with Gasteiger partial charge in [0.1, 0.15) is 0 Å². The molecule has 1 aromatic carbocycles. The van der Waals surface area contributed by atoms with Crippen molar-refractivity contribution < 1.29 is 8.42 Å². The Morgan fingerprint density at radius 3 is 2.59 bits per heavy atom. The van der Waals surface area contributed by atoms with Crippen LogP contribution in [0.1, 0.15) is 31.2 Å². The minimum Gasteiger partial charge on any atom is -0.200 e. The van der Waals surface area contributed by atoms with Crippen LogP contribution in [0.3, 0.4) is 0 Å². The van der Waals surface area contributed by atoms with Gasteiger partial charge >= 0.3 is 0 Å².